The molecule has 1 N–H and O–H groups in total. The van der Waals surface area contributed by atoms with Gasteiger partial charge in [-0.15, -0.1) is 0 Å². The molecule has 15 heteroatoms. The fourth-order valence-electron chi connectivity index (χ4n) is 8.92. The van der Waals surface area contributed by atoms with Gasteiger partial charge in [0, 0.05) is 86.3 Å². The van der Waals surface area contributed by atoms with E-state index in [1.54, 1.807) is 42.7 Å². The van der Waals surface area contributed by atoms with Crippen LogP contribution in [-0.2, 0) is 9.59 Å². The Labute approximate surface area is 326 Å². The molecule has 0 bridgehead atoms. The van der Waals surface area contributed by atoms with E-state index in [-0.39, 0.29) is 24.0 Å². The number of fused-ring (bicyclic) bond motifs is 4. The highest BCUT2D eigenvalue weighted by Crippen LogP contribution is 2.37. The predicted molar refractivity (Wildman–Crippen MR) is 208 cm³/mol. The van der Waals surface area contributed by atoms with E-state index in [1.165, 1.54) is 6.20 Å². The van der Waals surface area contributed by atoms with E-state index in [1.807, 2.05) is 18.2 Å². The molecular weight excluding hydrogens is 733 g/mol. The normalized spacial score (nSPS) is 19.5. The van der Waals surface area contributed by atoms with Gasteiger partial charge >= 0.3 is 6.55 Å². The van der Waals surface area contributed by atoms with Crippen LogP contribution in [0.1, 0.15) is 64.9 Å². The van der Waals surface area contributed by atoms with Gasteiger partial charge in [-0.3, -0.25) is 43.8 Å². The van der Waals surface area contributed by atoms with Gasteiger partial charge in [-0.1, -0.05) is 12.1 Å². The molecule has 13 nitrogen and oxygen atoms in total. The number of rotatable bonds is 8. The number of hydrogen-bond acceptors (Lipinski definition) is 10. The maximum absolute atomic E-state index is 14.2. The molecule has 4 amide bonds. The SMILES string of the molecule is N#Cc1cc(-c2ccc3c4cnccc4n(C(F)F)c3c2)cnc1N1CCC(CCN2CCN(c3ccc4c(c3)C(=O)N(C3CCC(=O)NC3=O)C4=O)CC2)CC1. The number of pyridine rings is 2. The van der Waals surface area contributed by atoms with Crippen LogP contribution in [0.15, 0.2) is 67.1 Å². The summed E-state index contributed by atoms with van der Waals surface area (Å²) < 4.78 is 29.4. The van der Waals surface area contributed by atoms with Gasteiger partial charge in [0.25, 0.3) is 11.8 Å². The van der Waals surface area contributed by atoms with Crippen LogP contribution in [0.4, 0.5) is 20.3 Å². The summed E-state index contributed by atoms with van der Waals surface area (Å²) in [6.45, 7) is 3.09. The third-order valence-corrected chi connectivity index (χ3v) is 12.0. The number of anilines is 2. The van der Waals surface area contributed by atoms with Crippen LogP contribution in [0, 0.1) is 17.2 Å². The van der Waals surface area contributed by atoms with Crippen molar-refractivity contribution in [3.8, 4) is 17.2 Å². The summed E-state index contributed by atoms with van der Waals surface area (Å²) in [4.78, 5) is 67.1. The van der Waals surface area contributed by atoms with Crippen molar-refractivity contribution in [1.82, 2.24) is 29.7 Å². The molecule has 5 aromatic rings. The minimum Gasteiger partial charge on any atom is -0.369 e. The van der Waals surface area contributed by atoms with Gasteiger partial charge < -0.3 is 9.80 Å². The number of aromatic nitrogens is 3. The third-order valence-electron chi connectivity index (χ3n) is 12.0. The number of nitrogens with one attached hydrogen (secondary N) is 1. The Balaban J connectivity index is 0.782. The molecule has 0 aliphatic carbocycles. The Morgan fingerprint density at radius 2 is 1.60 bits per heavy atom. The lowest BCUT2D eigenvalue weighted by atomic mass is 9.93. The van der Waals surface area contributed by atoms with Crippen molar-refractivity contribution in [1.29, 1.82) is 5.26 Å². The zero-order valence-electron chi connectivity index (χ0n) is 31.0. The number of imide groups is 2. The van der Waals surface area contributed by atoms with Crippen molar-refractivity contribution in [2.75, 3.05) is 55.6 Å². The summed E-state index contributed by atoms with van der Waals surface area (Å²) in [6.07, 6.45) is 8.05. The molecule has 2 aromatic carbocycles. The van der Waals surface area contributed by atoms with Crippen molar-refractivity contribution in [3.05, 3.63) is 83.8 Å². The lowest BCUT2D eigenvalue weighted by Crippen LogP contribution is -2.54. The Hall–Kier alpha value is -6.27. The molecule has 7 heterocycles. The van der Waals surface area contributed by atoms with E-state index in [2.05, 4.69) is 31.1 Å². The van der Waals surface area contributed by atoms with Crippen molar-refractivity contribution >= 4 is 56.9 Å². The van der Waals surface area contributed by atoms with Crippen LogP contribution < -0.4 is 15.1 Å². The van der Waals surface area contributed by atoms with E-state index in [9.17, 15) is 33.2 Å². The number of hydrogen-bond donors (Lipinski definition) is 1. The molecular formula is C42H39F2N9O4. The highest BCUT2D eigenvalue weighted by atomic mass is 19.3. The first-order valence-electron chi connectivity index (χ1n) is 19.3. The smallest absolute Gasteiger partial charge is 0.319 e. The highest BCUT2D eigenvalue weighted by Gasteiger charge is 2.45. The summed E-state index contributed by atoms with van der Waals surface area (Å²) in [5, 5.41) is 13.7. The fraction of sp³-hybridized carbons (Fsp3) is 0.357. The van der Waals surface area contributed by atoms with Crippen LogP contribution in [0.2, 0.25) is 0 Å². The first kappa shape index (κ1) is 36.4. The lowest BCUT2D eigenvalue weighted by Gasteiger charge is -2.38. The van der Waals surface area contributed by atoms with E-state index in [4.69, 9.17) is 4.98 Å². The molecule has 1 atom stereocenters. The van der Waals surface area contributed by atoms with Crippen molar-refractivity contribution in [2.24, 2.45) is 5.92 Å². The van der Waals surface area contributed by atoms with Crippen LogP contribution in [-0.4, -0.2) is 99.8 Å². The molecule has 3 saturated heterocycles. The summed E-state index contributed by atoms with van der Waals surface area (Å²) in [6, 6.07) is 15.4. The number of piperazine rings is 1. The number of nitrogens with zero attached hydrogens (tertiary/aromatic N) is 8. The molecule has 290 valence electrons. The van der Waals surface area contributed by atoms with Crippen LogP contribution >= 0.6 is 0 Å². The van der Waals surface area contributed by atoms with Crippen molar-refractivity contribution < 1.29 is 28.0 Å². The van der Waals surface area contributed by atoms with E-state index in [0.717, 1.165) is 80.2 Å². The predicted octanol–water partition coefficient (Wildman–Crippen LogP) is 5.35. The molecule has 4 aliphatic heterocycles. The number of alkyl halides is 2. The zero-order valence-corrected chi connectivity index (χ0v) is 31.0. The zero-order chi connectivity index (χ0) is 39.4. The van der Waals surface area contributed by atoms with Gasteiger partial charge in [-0.05, 0) is 80.1 Å². The Kier molecular flexibility index (Phi) is 9.36. The average molecular weight is 772 g/mol. The largest absolute Gasteiger partial charge is 0.369 e. The fourth-order valence-corrected chi connectivity index (χ4v) is 8.92. The molecule has 1 unspecified atom stereocenters. The number of nitriles is 1. The second kappa shape index (κ2) is 14.7. The van der Waals surface area contributed by atoms with Crippen LogP contribution in [0.3, 0.4) is 0 Å². The number of benzene rings is 2. The number of piperidine rings is 2. The molecule has 3 aromatic heterocycles. The Morgan fingerprint density at radius 3 is 2.35 bits per heavy atom. The molecule has 0 radical (unpaired) electrons. The van der Waals surface area contributed by atoms with E-state index < -0.39 is 36.2 Å². The molecule has 0 spiro atoms. The van der Waals surface area contributed by atoms with Crippen LogP contribution in [0.5, 0.6) is 0 Å². The monoisotopic (exact) mass is 771 g/mol. The van der Waals surface area contributed by atoms with Crippen LogP contribution in [0.25, 0.3) is 32.9 Å². The quantitative estimate of drug-likeness (QED) is 0.205. The van der Waals surface area contributed by atoms with Gasteiger partial charge in [0.05, 0.1) is 27.7 Å². The molecule has 57 heavy (non-hydrogen) atoms. The number of carbonyl (C=O) groups excluding carboxylic acids is 4. The second-order valence-corrected chi connectivity index (χ2v) is 15.2. The summed E-state index contributed by atoms with van der Waals surface area (Å²) in [5.41, 5.74) is 4.08. The van der Waals surface area contributed by atoms with E-state index >= 15 is 0 Å². The van der Waals surface area contributed by atoms with E-state index in [0.29, 0.717) is 50.2 Å². The van der Waals surface area contributed by atoms with Gasteiger partial charge in [0.2, 0.25) is 11.8 Å². The lowest BCUT2D eigenvalue weighted by molar-refractivity contribution is -0.136. The summed E-state index contributed by atoms with van der Waals surface area (Å²) in [5.74, 6) is -0.842. The summed E-state index contributed by atoms with van der Waals surface area (Å²) in [7, 11) is 0. The average Bonchev–Trinajstić information content (AvgIpc) is 3.70. The van der Waals surface area contributed by atoms with Gasteiger partial charge in [0.15, 0.2) is 0 Å². The standard InChI is InChI=1S/C42H39F2N9O4/c43-42(44)52-34-7-11-46-24-33(34)30-3-1-26(20-36(30)52)28-19-27(22-45)38(47-23-28)51-13-9-25(10-14-51)8-12-49-15-17-50(18-16-49)29-2-4-31-32(21-29)41(57)53(40(31)56)35-5-6-37(54)48-39(35)55/h1-4,7,11,19-21,23-25,35,42H,5-6,8-10,12-18H2,(H,48,54,55). The maximum Gasteiger partial charge on any atom is 0.319 e. The number of carbonyl (C=O) groups is 4. The molecule has 4 aliphatic rings. The first-order valence-corrected chi connectivity index (χ1v) is 19.3. The second-order valence-electron chi connectivity index (χ2n) is 15.2. The van der Waals surface area contributed by atoms with Gasteiger partial charge in [0.1, 0.15) is 17.9 Å². The minimum atomic E-state index is -2.72. The molecule has 0 saturated carbocycles. The minimum absolute atomic E-state index is 0.0802. The van der Waals surface area contributed by atoms with Crippen molar-refractivity contribution in [2.45, 2.75) is 44.7 Å². The maximum atomic E-state index is 14.2. The first-order chi connectivity index (χ1) is 27.7. The molecule has 9 rings (SSSR count). The Bertz CT molecular complexity index is 2500. The van der Waals surface area contributed by atoms with Gasteiger partial charge in [-0.25, -0.2) is 4.98 Å². The third kappa shape index (κ3) is 6.53. The highest BCUT2D eigenvalue weighted by molar-refractivity contribution is 6.23. The number of halogens is 2. The van der Waals surface area contributed by atoms with Gasteiger partial charge in [-0.2, -0.15) is 14.0 Å². The number of amides is 4. The Morgan fingerprint density at radius 1 is 0.807 bits per heavy atom. The topological polar surface area (TPSA) is 148 Å². The summed E-state index contributed by atoms with van der Waals surface area (Å²) >= 11 is 0. The van der Waals surface area contributed by atoms with Crippen molar-refractivity contribution in [3.63, 3.8) is 0 Å². The molecule has 3 fully saturated rings.